The molecule has 1 N–H and O–H groups in total. The number of thiazole rings is 1. The minimum atomic E-state index is -1.01. The Hall–Kier alpha value is -2.73. The maximum atomic E-state index is 13.7. The average molecular weight is 642 g/mol. The van der Waals surface area contributed by atoms with Crippen LogP contribution in [0.3, 0.4) is 0 Å². The van der Waals surface area contributed by atoms with Crippen LogP contribution < -0.4 is 5.32 Å². The van der Waals surface area contributed by atoms with Crippen LogP contribution in [0, 0.1) is 11.8 Å². The number of likely N-dealkylation sites (N-methyl/N-ethyl adjacent to an activating group) is 1. The largest absolute Gasteiger partial charge is 0.464 e. The van der Waals surface area contributed by atoms with E-state index >= 15 is 0 Å². The van der Waals surface area contributed by atoms with Crippen molar-refractivity contribution in [1.29, 1.82) is 0 Å². The van der Waals surface area contributed by atoms with E-state index in [1.54, 1.807) is 46.9 Å². The third-order valence-corrected chi connectivity index (χ3v) is 8.02. The lowest BCUT2D eigenvalue weighted by molar-refractivity contribution is -0.149. The summed E-state index contributed by atoms with van der Waals surface area (Å²) < 4.78 is 11.4. The first kappa shape index (κ1) is 33.5. The summed E-state index contributed by atoms with van der Waals surface area (Å²) in [6, 6.07) is -2.47. The van der Waals surface area contributed by atoms with Crippen LogP contribution in [0.1, 0.15) is 58.5 Å². The molecular weight excluding hydrogens is 600 g/mol. The highest BCUT2D eigenvalue weighted by atomic mass is 79.9. The van der Waals surface area contributed by atoms with Crippen LogP contribution in [0.15, 0.2) is 23.2 Å². The fraction of sp³-hybridized carbons (Fsp3) is 0.607. The molecule has 0 saturated carbocycles. The van der Waals surface area contributed by atoms with Crippen LogP contribution in [0.25, 0.3) is 6.08 Å². The number of rotatable bonds is 11. The van der Waals surface area contributed by atoms with Crippen LogP contribution in [-0.2, 0) is 30.3 Å². The summed E-state index contributed by atoms with van der Waals surface area (Å²) in [4.78, 5) is 61.0. The van der Waals surface area contributed by atoms with Gasteiger partial charge in [0.15, 0.2) is 3.92 Å². The summed E-state index contributed by atoms with van der Waals surface area (Å²) in [6.45, 7) is 18.8. The Morgan fingerprint density at radius 2 is 1.93 bits per heavy atom. The van der Waals surface area contributed by atoms with E-state index in [-0.39, 0.29) is 24.9 Å². The van der Waals surface area contributed by atoms with Crippen molar-refractivity contribution < 1.29 is 28.7 Å². The molecular formula is C28H41BrN4O6S. The van der Waals surface area contributed by atoms with Gasteiger partial charge in [0.1, 0.15) is 17.7 Å². The Morgan fingerprint density at radius 1 is 1.27 bits per heavy atom. The summed E-state index contributed by atoms with van der Waals surface area (Å²) in [7, 11) is 1.57. The van der Waals surface area contributed by atoms with Crippen molar-refractivity contribution >= 4 is 57.2 Å². The molecule has 10 nitrogen and oxygen atoms in total. The molecule has 1 fully saturated rings. The molecule has 0 aromatic carbocycles. The van der Waals surface area contributed by atoms with Gasteiger partial charge in [-0.25, -0.2) is 14.6 Å². The minimum absolute atomic E-state index is 0.0997. The number of hydrogen-bond acceptors (Lipinski definition) is 8. The molecule has 1 aliphatic rings. The highest BCUT2D eigenvalue weighted by Gasteiger charge is 2.44. The lowest BCUT2D eigenvalue weighted by atomic mass is 9.95. The predicted octanol–water partition coefficient (Wildman–Crippen LogP) is 4.43. The predicted molar refractivity (Wildman–Crippen MR) is 159 cm³/mol. The number of aromatic nitrogens is 1. The number of halogens is 1. The SMILES string of the molecule is C=Cc1sc(Br)nc1C[C@H](NC(=O)[C@H](C(C)C)N(C)C(=O)[C@H]1CCN(C(=O)OC(C)(C)C)[C@@H]1C=C)C(=O)OCC. The molecule has 1 saturated heterocycles. The first-order chi connectivity index (χ1) is 18.6. The van der Waals surface area contributed by atoms with E-state index in [0.717, 1.165) is 4.88 Å². The van der Waals surface area contributed by atoms with Crippen molar-refractivity contribution in [2.75, 3.05) is 20.2 Å². The van der Waals surface area contributed by atoms with E-state index in [4.69, 9.17) is 9.47 Å². The van der Waals surface area contributed by atoms with Crippen LogP contribution >= 0.6 is 27.3 Å². The van der Waals surface area contributed by atoms with Crippen molar-refractivity contribution in [2.45, 2.75) is 78.1 Å². The third kappa shape index (κ3) is 8.39. The normalized spacial score (nSPS) is 18.6. The van der Waals surface area contributed by atoms with Gasteiger partial charge in [0.25, 0.3) is 0 Å². The molecule has 1 aliphatic heterocycles. The zero-order valence-corrected chi connectivity index (χ0v) is 26.8. The van der Waals surface area contributed by atoms with Gasteiger partial charge < -0.3 is 24.6 Å². The number of likely N-dealkylation sites (tertiary alicyclic amines) is 1. The lowest BCUT2D eigenvalue weighted by Gasteiger charge is -2.34. The van der Waals surface area contributed by atoms with Crippen molar-refractivity contribution in [3.05, 3.63) is 33.7 Å². The smallest absolute Gasteiger partial charge is 0.410 e. The number of nitrogens with zero attached hydrogens (tertiary/aromatic N) is 3. The summed E-state index contributed by atoms with van der Waals surface area (Å²) in [5, 5.41) is 2.80. The Kier molecular flexibility index (Phi) is 11.9. The fourth-order valence-electron chi connectivity index (χ4n) is 4.76. The first-order valence-corrected chi connectivity index (χ1v) is 14.9. The molecule has 0 spiro atoms. The molecule has 1 aromatic rings. The second kappa shape index (κ2) is 14.2. The molecule has 1 aromatic heterocycles. The maximum Gasteiger partial charge on any atom is 0.410 e. The number of ether oxygens (including phenoxy) is 2. The third-order valence-electron chi connectivity index (χ3n) is 6.48. The standard InChI is InChI=1S/C28H41BrN4O6S/c1-10-20-17(13-14-33(20)27(37)39-28(6,7)8)24(35)32(9)22(16(4)5)23(34)30-19(25(36)38-12-3)15-18-21(11-2)40-26(29)31-18/h10-11,16-17,19-20,22H,1-2,12-15H2,3-9H3,(H,30,34)/t17-,19-,20+,22-/m0/s1. The second-order valence-electron chi connectivity index (χ2n) is 10.9. The highest BCUT2D eigenvalue weighted by Crippen LogP contribution is 2.30. The molecule has 3 amide bonds. The maximum absolute atomic E-state index is 13.7. The van der Waals surface area contributed by atoms with Gasteiger partial charge in [0, 0.05) is 20.0 Å². The molecule has 2 rings (SSSR count). The van der Waals surface area contributed by atoms with E-state index in [2.05, 4.69) is 39.4 Å². The fourth-order valence-corrected chi connectivity index (χ4v) is 6.16. The number of nitrogens with one attached hydrogen (secondary N) is 1. The van der Waals surface area contributed by atoms with Gasteiger partial charge >= 0.3 is 12.1 Å². The van der Waals surface area contributed by atoms with Gasteiger partial charge in [0.2, 0.25) is 11.8 Å². The molecule has 0 unspecified atom stereocenters. The first-order valence-electron chi connectivity index (χ1n) is 13.3. The molecule has 40 heavy (non-hydrogen) atoms. The van der Waals surface area contributed by atoms with E-state index in [0.29, 0.717) is 22.6 Å². The topological polar surface area (TPSA) is 118 Å². The number of esters is 1. The van der Waals surface area contributed by atoms with Gasteiger partial charge in [-0.15, -0.1) is 17.9 Å². The van der Waals surface area contributed by atoms with Crippen LogP contribution in [0.2, 0.25) is 0 Å². The van der Waals surface area contributed by atoms with Crippen molar-refractivity contribution in [2.24, 2.45) is 11.8 Å². The summed E-state index contributed by atoms with van der Waals surface area (Å²) >= 11 is 4.72. The number of hydrogen-bond donors (Lipinski definition) is 1. The Morgan fingerprint density at radius 3 is 2.45 bits per heavy atom. The van der Waals surface area contributed by atoms with E-state index in [9.17, 15) is 19.2 Å². The van der Waals surface area contributed by atoms with Gasteiger partial charge in [-0.3, -0.25) is 9.59 Å². The van der Waals surface area contributed by atoms with Gasteiger partial charge in [-0.05, 0) is 56.0 Å². The zero-order chi connectivity index (χ0) is 30.4. The Bertz CT molecular complexity index is 1110. The van der Waals surface area contributed by atoms with E-state index < -0.39 is 47.6 Å². The highest BCUT2D eigenvalue weighted by molar-refractivity contribution is 9.11. The van der Waals surface area contributed by atoms with Gasteiger partial charge in [-0.1, -0.05) is 32.6 Å². The number of carbonyl (C=O) groups is 4. The van der Waals surface area contributed by atoms with Crippen molar-refractivity contribution in [1.82, 2.24) is 20.1 Å². The number of carbonyl (C=O) groups excluding carboxylic acids is 4. The van der Waals surface area contributed by atoms with Crippen molar-refractivity contribution in [3.63, 3.8) is 0 Å². The van der Waals surface area contributed by atoms with Crippen LogP contribution in [-0.4, -0.2) is 82.6 Å². The quantitative estimate of drug-likeness (QED) is 0.281. The Labute approximate surface area is 249 Å². The van der Waals surface area contributed by atoms with Crippen molar-refractivity contribution in [3.8, 4) is 0 Å². The van der Waals surface area contributed by atoms with E-state index in [1.807, 2.05) is 13.8 Å². The summed E-state index contributed by atoms with van der Waals surface area (Å²) in [5.74, 6) is -2.25. The molecule has 0 aliphatic carbocycles. The summed E-state index contributed by atoms with van der Waals surface area (Å²) in [6.07, 6.45) is 3.20. The average Bonchev–Trinajstić information content (AvgIpc) is 3.44. The lowest BCUT2D eigenvalue weighted by Crippen LogP contribution is -2.56. The molecule has 12 heteroatoms. The zero-order valence-electron chi connectivity index (χ0n) is 24.4. The minimum Gasteiger partial charge on any atom is -0.464 e. The second-order valence-corrected chi connectivity index (χ2v) is 13.2. The number of amides is 3. The molecule has 0 bridgehead atoms. The van der Waals surface area contributed by atoms with E-state index in [1.165, 1.54) is 21.1 Å². The summed E-state index contributed by atoms with van der Waals surface area (Å²) in [5.41, 5.74) is -0.0863. The molecule has 0 radical (unpaired) electrons. The van der Waals surface area contributed by atoms with Gasteiger partial charge in [0.05, 0.1) is 29.1 Å². The van der Waals surface area contributed by atoms with Crippen LogP contribution in [0.5, 0.6) is 0 Å². The molecule has 222 valence electrons. The van der Waals surface area contributed by atoms with Gasteiger partial charge in [-0.2, -0.15) is 0 Å². The molecule has 2 heterocycles. The Balaban J connectivity index is 2.26. The van der Waals surface area contributed by atoms with Crippen LogP contribution in [0.4, 0.5) is 4.79 Å². The molecule has 4 atom stereocenters. The monoisotopic (exact) mass is 640 g/mol.